The van der Waals surface area contributed by atoms with E-state index in [1.807, 2.05) is 19.1 Å². The molecule has 0 N–H and O–H groups in total. The molecular formula is C17H19FN2O2. The Morgan fingerprint density at radius 3 is 2.59 bits per heavy atom. The first kappa shape index (κ1) is 15.9. The molecule has 0 aliphatic carbocycles. The minimum Gasteiger partial charge on any atom is -0.494 e. The average Bonchev–Trinajstić information content (AvgIpc) is 2.56. The second kappa shape index (κ2) is 7.54. The van der Waals surface area contributed by atoms with Crippen LogP contribution in [0.4, 0.5) is 4.39 Å². The zero-order chi connectivity index (χ0) is 15.9. The number of carbonyl (C=O) groups is 1. The summed E-state index contributed by atoms with van der Waals surface area (Å²) in [6.07, 6.45) is 4.19. The lowest BCUT2D eigenvalue weighted by Crippen LogP contribution is -2.32. The van der Waals surface area contributed by atoms with Gasteiger partial charge in [0, 0.05) is 31.0 Å². The summed E-state index contributed by atoms with van der Waals surface area (Å²) in [5.74, 6) is -0.576. The molecule has 1 amide bonds. The smallest absolute Gasteiger partial charge is 0.253 e. The third kappa shape index (κ3) is 3.81. The van der Waals surface area contributed by atoms with Crippen molar-refractivity contribution in [1.29, 1.82) is 0 Å². The van der Waals surface area contributed by atoms with Crippen molar-refractivity contribution in [3.63, 3.8) is 0 Å². The minimum atomic E-state index is -0.529. The van der Waals surface area contributed by atoms with Gasteiger partial charge < -0.3 is 9.64 Å². The normalized spacial score (nSPS) is 10.3. The third-order valence-corrected chi connectivity index (χ3v) is 3.49. The summed E-state index contributed by atoms with van der Waals surface area (Å²) in [6, 6.07) is 8.12. The van der Waals surface area contributed by atoms with E-state index in [9.17, 15) is 9.18 Å². The fraction of sp³-hybridized carbons (Fsp3) is 0.294. The Morgan fingerprint density at radius 2 is 2.00 bits per heavy atom. The van der Waals surface area contributed by atoms with Gasteiger partial charge in [0.15, 0.2) is 11.6 Å². The van der Waals surface area contributed by atoms with Crippen molar-refractivity contribution in [3.8, 4) is 5.75 Å². The van der Waals surface area contributed by atoms with Crippen molar-refractivity contribution in [2.24, 2.45) is 0 Å². The maximum atomic E-state index is 13.7. The summed E-state index contributed by atoms with van der Waals surface area (Å²) in [4.78, 5) is 18.1. The number of carbonyl (C=O) groups excluding carboxylic acids is 1. The molecule has 0 unspecified atom stereocenters. The lowest BCUT2D eigenvalue weighted by molar-refractivity contribution is 0.0765. The summed E-state index contributed by atoms with van der Waals surface area (Å²) in [5, 5.41) is 0. The van der Waals surface area contributed by atoms with Crippen LogP contribution in [0.15, 0.2) is 42.7 Å². The van der Waals surface area contributed by atoms with Gasteiger partial charge in [0.05, 0.1) is 7.11 Å². The highest BCUT2D eigenvalue weighted by Crippen LogP contribution is 2.18. The topological polar surface area (TPSA) is 42.4 Å². The molecule has 0 aliphatic rings. The molecule has 0 saturated carbocycles. The van der Waals surface area contributed by atoms with Crippen molar-refractivity contribution in [2.45, 2.75) is 13.3 Å². The largest absolute Gasteiger partial charge is 0.494 e. The van der Waals surface area contributed by atoms with Crippen LogP contribution in [0.1, 0.15) is 22.8 Å². The van der Waals surface area contributed by atoms with Crippen molar-refractivity contribution >= 4 is 5.91 Å². The van der Waals surface area contributed by atoms with Gasteiger partial charge in [-0.15, -0.1) is 0 Å². The van der Waals surface area contributed by atoms with E-state index in [0.717, 1.165) is 12.0 Å². The predicted octanol–water partition coefficient (Wildman–Crippen LogP) is 2.93. The Kier molecular flexibility index (Phi) is 5.47. The van der Waals surface area contributed by atoms with Gasteiger partial charge in [-0.3, -0.25) is 9.78 Å². The number of benzene rings is 1. The molecule has 4 nitrogen and oxygen atoms in total. The van der Waals surface area contributed by atoms with Crippen LogP contribution in [-0.4, -0.2) is 36.0 Å². The second-order valence-corrected chi connectivity index (χ2v) is 4.84. The molecule has 0 aliphatic heterocycles. The van der Waals surface area contributed by atoms with E-state index in [4.69, 9.17) is 4.74 Å². The van der Waals surface area contributed by atoms with E-state index < -0.39 is 5.82 Å². The van der Waals surface area contributed by atoms with E-state index in [1.54, 1.807) is 23.4 Å². The molecule has 2 rings (SSSR count). The highest BCUT2D eigenvalue weighted by Gasteiger charge is 2.16. The van der Waals surface area contributed by atoms with Crippen LogP contribution < -0.4 is 4.74 Å². The molecule has 0 spiro atoms. The number of aromatic nitrogens is 1. The summed E-state index contributed by atoms with van der Waals surface area (Å²) in [6.45, 7) is 3.05. The van der Waals surface area contributed by atoms with Crippen LogP contribution in [0.5, 0.6) is 5.75 Å². The molecular weight excluding hydrogens is 283 g/mol. The van der Waals surface area contributed by atoms with Gasteiger partial charge in [0.25, 0.3) is 5.91 Å². The number of methoxy groups -OCH3 is 1. The van der Waals surface area contributed by atoms with Crippen molar-refractivity contribution < 1.29 is 13.9 Å². The van der Waals surface area contributed by atoms with Gasteiger partial charge in [-0.25, -0.2) is 4.39 Å². The number of likely N-dealkylation sites (N-methyl/N-ethyl adjacent to an activating group) is 1. The van der Waals surface area contributed by atoms with Crippen LogP contribution in [0.25, 0.3) is 0 Å². The number of hydrogen-bond donors (Lipinski definition) is 0. The van der Waals surface area contributed by atoms with Gasteiger partial charge in [-0.2, -0.15) is 0 Å². The number of hydrogen-bond acceptors (Lipinski definition) is 3. The third-order valence-electron chi connectivity index (χ3n) is 3.49. The van der Waals surface area contributed by atoms with Crippen LogP contribution in [0.2, 0.25) is 0 Å². The first-order chi connectivity index (χ1) is 10.7. The Hall–Kier alpha value is -2.43. The van der Waals surface area contributed by atoms with E-state index in [1.165, 1.54) is 19.2 Å². The molecule has 5 heteroatoms. The second-order valence-electron chi connectivity index (χ2n) is 4.84. The number of nitrogens with zero attached hydrogens (tertiary/aromatic N) is 2. The molecule has 1 heterocycles. The van der Waals surface area contributed by atoms with Crippen LogP contribution in [0.3, 0.4) is 0 Å². The van der Waals surface area contributed by atoms with Gasteiger partial charge >= 0.3 is 0 Å². The van der Waals surface area contributed by atoms with Crippen LogP contribution in [0, 0.1) is 5.82 Å². The van der Waals surface area contributed by atoms with Gasteiger partial charge in [-0.1, -0.05) is 0 Å². The van der Waals surface area contributed by atoms with E-state index >= 15 is 0 Å². The number of ether oxygens (including phenoxy) is 1. The van der Waals surface area contributed by atoms with Crippen molar-refractivity contribution in [2.75, 3.05) is 20.2 Å². The lowest BCUT2D eigenvalue weighted by atomic mass is 10.1. The van der Waals surface area contributed by atoms with E-state index in [0.29, 0.717) is 18.7 Å². The first-order valence-electron chi connectivity index (χ1n) is 7.17. The Labute approximate surface area is 129 Å². The maximum absolute atomic E-state index is 13.7. The number of halogens is 1. The molecule has 0 radical (unpaired) electrons. The van der Waals surface area contributed by atoms with E-state index in [-0.39, 0.29) is 11.7 Å². The Balaban J connectivity index is 2.06. The van der Waals surface area contributed by atoms with Gasteiger partial charge in [0.1, 0.15) is 0 Å². The molecule has 0 atom stereocenters. The summed E-state index contributed by atoms with van der Waals surface area (Å²) < 4.78 is 18.6. The SMILES string of the molecule is CCN(CCc1ccncc1)C(=O)c1ccc(OC)c(F)c1. The highest BCUT2D eigenvalue weighted by atomic mass is 19.1. The summed E-state index contributed by atoms with van der Waals surface area (Å²) >= 11 is 0. The monoisotopic (exact) mass is 302 g/mol. The fourth-order valence-corrected chi connectivity index (χ4v) is 2.20. The molecule has 2 aromatic rings. The summed E-state index contributed by atoms with van der Waals surface area (Å²) in [7, 11) is 1.40. The number of rotatable bonds is 6. The van der Waals surface area contributed by atoms with Crippen molar-refractivity contribution in [1.82, 2.24) is 9.88 Å². The van der Waals surface area contributed by atoms with Crippen LogP contribution >= 0.6 is 0 Å². The molecule has 116 valence electrons. The fourth-order valence-electron chi connectivity index (χ4n) is 2.20. The molecule has 0 fully saturated rings. The van der Waals surface area contributed by atoms with Gasteiger partial charge in [-0.05, 0) is 49.2 Å². The molecule has 0 saturated heterocycles. The van der Waals surface area contributed by atoms with Gasteiger partial charge in [0.2, 0.25) is 0 Å². The minimum absolute atomic E-state index is 0.136. The predicted molar refractivity (Wildman–Crippen MR) is 82.5 cm³/mol. The van der Waals surface area contributed by atoms with Crippen LogP contribution in [-0.2, 0) is 6.42 Å². The number of pyridine rings is 1. The zero-order valence-corrected chi connectivity index (χ0v) is 12.8. The highest BCUT2D eigenvalue weighted by molar-refractivity contribution is 5.94. The maximum Gasteiger partial charge on any atom is 0.253 e. The molecule has 1 aromatic heterocycles. The van der Waals surface area contributed by atoms with Crippen molar-refractivity contribution in [3.05, 3.63) is 59.7 Å². The standard InChI is InChI=1S/C17H19FN2O2/c1-3-20(11-8-13-6-9-19-10-7-13)17(21)14-4-5-16(22-2)15(18)12-14/h4-7,9-10,12H,3,8,11H2,1-2H3. The number of amides is 1. The zero-order valence-electron chi connectivity index (χ0n) is 12.8. The Bertz CT molecular complexity index is 632. The molecule has 1 aromatic carbocycles. The quantitative estimate of drug-likeness (QED) is 0.824. The molecule has 22 heavy (non-hydrogen) atoms. The Morgan fingerprint density at radius 1 is 1.27 bits per heavy atom. The summed E-state index contributed by atoms with van der Waals surface area (Å²) in [5.41, 5.74) is 1.44. The average molecular weight is 302 g/mol. The lowest BCUT2D eigenvalue weighted by Gasteiger charge is -2.21. The molecule has 0 bridgehead atoms. The van der Waals surface area contributed by atoms with E-state index in [2.05, 4.69) is 4.98 Å². The first-order valence-corrected chi connectivity index (χ1v) is 7.17.